The molecule has 2 aromatic carbocycles. The molecule has 0 fully saturated rings. The molecule has 2 aromatic rings. The first kappa shape index (κ1) is 14.4. The Morgan fingerprint density at radius 3 is 2.58 bits per heavy atom. The van der Waals surface area contributed by atoms with Crippen LogP contribution in [0.4, 0.5) is 0 Å². The molecule has 19 heavy (non-hydrogen) atoms. The lowest BCUT2D eigenvalue weighted by Gasteiger charge is -2.17. The van der Waals surface area contributed by atoms with E-state index < -0.39 is 0 Å². The van der Waals surface area contributed by atoms with Gasteiger partial charge in [-0.05, 0) is 56.2 Å². The molecule has 3 heteroatoms. The number of hydrogen-bond donors (Lipinski definition) is 0. The first-order valence-electron chi connectivity index (χ1n) is 6.20. The van der Waals surface area contributed by atoms with Crippen LogP contribution >= 0.6 is 27.5 Å². The predicted octanol–water partition coefficient (Wildman–Crippen LogP) is 5.87. The fraction of sp³-hybridized carbons (Fsp3) is 0.250. The van der Waals surface area contributed by atoms with Gasteiger partial charge in [-0.2, -0.15) is 0 Å². The summed E-state index contributed by atoms with van der Waals surface area (Å²) in [5, 5.41) is 0.708. The molecule has 100 valence electrons. The molecule has 0 aliphatic carbocycles. The maximum absolute atomic E-state index is 6.38. The summed E-state index contributed by atoms with van der Waals surface area (Å²) in [5.74, 6) is 0.823. The monoisotopic (exact) mass is 338 g/mol. The lowest BCUT2D eigenvalue weighted by atomic mass is 9.99. The molecule has 0 radical (unpaired) electrons. The molecular weight excluding hydrogens is 324 g/mol. The highest BCUT2D eigenvalue weighted by molar-refractivity contribution is 9.10. The Morgan fingerprint density at radius 1 is 1.16 bits per heavy atom. The zero-order valence-corrected chi connectivity index (χ0v) is 13.5. The molecule has 0 aliphatic rings. The van der Waals surface area contributed by atoms with E-state index in [-0.39, 0.29) is 6.10 Å². The van der Waals surface area contributed by atoms with Gasteiger partial charge in [-0.1, -0.05) is 39.7 Å². The van der Waals surface area contributed by atoms with Crippen molar-refractivity contribution in [1.29, 1.82) is 0 Å². The van der Waals surface area contributed by atoms with Crippen LogP contribution in [0.25, 0.3) is 11.1 Å². The maximum Gasteiger partial charge on any atom is 0.129 e. The summed E-state index contributed by atoms with van der Waals surface area (Å²) in [4.78, 5) is 0. The van der Waals surface area contributed by atoms with E-state index in [1.165, 1.54) is 5.56 Å². The molecule has 0 bridgehead atoms. The minimum atomic E-state index is 0.115. The van der Waals surface area contributed by atoms with E-state index in [9.17, 15) is 0 Å². The van der Waals surface area contributed by atoms with Crippen molar-refractivity contribution in [2.24, 2.45) is 0 Å². The van der Waals surface area contributed by atoms with Gasteiger partial charge in [0.1, 0.15) is 5.75 Å². The Hall–Kier alpha value is -0.990. The molecule has 1 nitrogen and oxygen atoms in total. The zero-order valence-electron chi connectivity index (χ0n) is 11.2. The van der Waals surface area contributed by atoms with Gasteiger partial charge in [0.05, 0.1) is 11.1 Å². The summed E-state index contributed by atoms with van der Waals surface area (Å²) < 4.78 is 6.91. The minimum absolute atomic E-state index is 0.115. The van der Waals surface area contributed by atoms with Gasteiger partial charge >= 0.3 is 0 Å². The van der Waals surface area contributed by atoms with E-state index in [0.717, 1.165) is 21.3 Å². The number of hydrogen-bond acceptors (Lipinski definition) is 1. The van der Waals surface area contributed by atoms with Crippen molar-refractivity contribution in [3.8, 4) is 16.9 Å². The Kier molecular flexibility index (Phi) is 4.54. The van der Waals surface area contributed by atoms with Crippen LogP contribution in [0.15, 0.2) is 40.9 Å². The van der Waals surface area contributed by atoms with Crippen molar-refractivity contribution >= 4 is 27.5 Å². The lowest BCUT2D eigenvalue weighted by Crippen LogP contribution is -2.06. The van der Waals surface area contributed by atoms with Gasteiger partial charge < -0.3 is 4.74 Å². The van der Waals surface area contributed by atoms with Gasteiger partial charge in [0, 0.05) is 10.0 Å². The topological polar surface area (TPSA) is 9.23 Å². The molecule has 0 saturated carbocycles. The van der Waals surface area contributed by atoms with Crippen LogP contribution in [0.1, 0.15) is 19.4 Å². The molecule has 0 heterocycles. The van der Waals surface area contributed by atoms with Crippen molar-refractivity contribution in [2.45, 2.75) is 26.9 Å². The standard InChI is InChI=1S/C16H16BrClO/c1-10(2)19-15-6-4-5-14(18)16(15)13-9-12(17)8-7-11(13)3/h4-10H,1-3H3. The second-order valence-electron chi connectivity index (χ2n) is 4.74. The third-order valence-corrected chi connectivity index (χ3v) is 3.62. The van der Waals surface area contributed by atoms with E-state index in [1.54, 1.807) is 0 Å². The SMILES string of the molecule is Cc1ccc(Br)cc1-c1c(Cl)cccc1OC(C)C. The Bertz CT molecular complexity index is 593. The highest BCUT2D eigenvalue weighted by Crippen LogP contribution is 2.39. The molecule has 0 spiro atoms. The first-order chi connectivity index (χ1) is 8.99. The molecule has 0 amide bonds. The van der Waals surface area contributed by atoms with Gasteiger partial charge in [-0.3, -0.25) is 0 Å². The average Bonchev–Trinajstić information content (AvgIpc) is 2.32. The van der Waals surface area contributed by atoms with Crippen molar-refractivity contribution < 1.29 is 4.74 Å². The molecule has 0 aromatic heterocycles. The molecule has 0 saturated heterocycles. The summed E-state index contributed by atoms with van der Waals surface area (Å²) >= 11 is 9.89. The normalized spacial score (nSPS) is 10.8. The number of ether oxygens (including phenoxy) is 1. The fourth-order valence-corrected chi connectivity index (χ4v) is 2.61. The summed E-state index contributed by atoms with van der Waals surface area (Å²) in [6.45, 7) is 6.10. The van der Waals surface area contributed by atoms with E-state index in [0.29, 0.717) is 5.02 Å². The fourth-order valence-electron chi connectivity index (χ4n) is 1.98. The van der Waals surface area contributed by atoms with Crippen molar-refractivity contribution in [3.63, 3.8) is 0 Å². The van der Waals surface area contributed by atoms with E-state index in [2.05, 4.69) is 35.0 Å². The van der Waals surface area contributed by atoms with E-state index in [4.69, 9.17) is 16.3 Å². The summed E-state index contributed by atoms with van der Waals surface area (Å²) in [6, 6.07) is 11.9. The third kappa shape index (κ3) is 3.31. The van der Waals surface area contributed by atoms with Crippen LogP contribution in [0, 0.1) is 6.92 Å². The summed E-state index contributed by atoms with van der Waals surface area (Å²) in [6.07, 6.45) is 0.115. The zero-order chi connectivity index (χ0) is 14.0. The van der Waals surface area contributed by atoms with Gasteiger partial charge in [-0.25, -0.2) is 0 Å². The van der Waals surface area contributed by atoms with Gasteiger partial charge in [0.2, 0.25) is 0 Å². The molecule has 0 unspecified atom stereocenters. The number of benzene rings is 2. The molecular formula is C16H16BrClO. The van der Waals surface area contributed by atoms with Gasteiger partial charge in [-0.15, -0.1) is 0 Å². The number of halogens is 2. The van der Waals surface area contributed by atoms with Crippen LogP contribution in [0.3, 0.4) is 0 Å². The highest BCUT2D eigenvalue weighted by Gasteiger charge is 2.14. The van der Waals surface area contributed by atoms with Crippen LogP contribution in [0.2, 0.25) is 5.02 Å². The van der Waals surface area contributed by atoms with Crippen LogP contribution in [-0.4, -0.2) is 6.10 Å². The quantitative estimate of drug-likeness (QED) is 0.680. The van der Waals surface area contributed by atoms with Crippen LogP contribution in [0.5, 0.6) is 5.75 Å². The second-order valence-corrected chi connectivity index (χ2v) is 6.06. The average molecular weight is 340 g/mol. The molecule has 0 aliphatic heterocycles. The smallest absolute Gasteiger partial charge is 0.129 e. The number of rotatable bonds is 3. The summed E-state index contributed by atoms with van der Waals surface area (Å²) in [5.41, 5.74) is 3.22. The minimum Gasteiger partial charge on any atom is -0.490 e. The first-order valence-corrected chi connectivity index (χ1v) is 7.38. The van der Waals surface area contributed by atoms with Gasteiger partial charge in [0.15, 0.2) is 0 Å². The lowest BCUT2D eigenvalue weighted by molar-refractivity contribution is 0.243. The van der Waals surface area contributed by atoms with Crippen LogP contribution in [-0.2, 0) is 0 Å². The largest absolute Gasteiger partial charge is 0.490 e. The van der Waals surface area contributed by atoms with Crippen molar-refractivity contribution in [2.75, 3.05) is 0 Å². The Balaban J connectivity index is 2.63. The summed E-state index contributed by atoms with van der Waals surface area (Å²) in [7, 11) is 0. The van der Waals surface area contributed by atoms with Crippen molar-refractivity contribution in [1.82, 2.24) is 0 Å². The van der Waals surface area contributed by atoms with Crippen LogP contribution < -0.4 is 4.74 Å². The predicted molar refractivity (Wildman–Crippen MR) is 85.1 cm³/mol. The van der Waals surface area contributed by atoms with E-state index in [1.807, 2.05) is 38.1 Å². The highest BCUT2D eigenvalue weighted by atomic mass is 79.9. The van der Waals surface area contributed by atoms with Gasteiger partial charge in [0.25, 0.3) is 0 Å². The second kappa shape index (κ2) is 5.98. The molecule has 0 N–H and O–H groups in total. The van der Waals surface area contributed by atoms with E-state index >= 15 is 0 Å². The third-order valence-electron chi connectivity index (χ3n) is 2.81. The van der Waals surface area contributed by atoms with Crippen molar-refractivity contribution in [3.05, 3.63) is 51.5 Å². The maximum atomic E-state index is 6.38. The number of aryl methyl sites for hydroxylation is 1. The Morgan fingerprint density at radius 2 is 1.89 bits per heavy atom. The molecule has 2 rings (SSSR count). The Labute approximate surface area is 127 Å². The molecule has 0 atom stereocenters.